The number of benzene rings is 2. The SMILES string of the molecule is O=C(Nc1ccc(F)c(F)c1)c1cccc2c1OCCC2c1ccccn1. The number of halogens is 2. The summed E-state index contributed by atoms with van der Waals surface area (Å²) in [4.78, 5) is 17.1. The molecule has 0 aliphatic carbocycles. The van der Waals surface area contributed by atoms with Crippen LogP contribution in [-0.4, -0.2) is 17.5 Å². The van der Waals surface area contributed by atoms with Crippen LogP contribution in [0.3, 0.4) is 0 Å². The predicted molar refractivity (Wildman–Crippen MR) is 96.9 cm³/mol. The summed E-state index contributed by atoms with van der Waals surface area (Å²) < 4.78 is 32.2. The monoisotopic (exact) mass is 366 g/mol. The molecule has 0 saturated carbocycles. The number of nitrogens with one attached hydrogen (secondary N) is 1. The average Bonchev–Trinajstić information content (AvgIpc) is 2.70. The van der Waals surface area contributed by atoms with Gasteiger partial charge in [0, 0.05) is 35.1 Å². The Hall–Kier alpha value is -3.28. The normalized spacial score (nSPS) is 15.6. The standard InChI is InChI=1S/C21H16F2N2O2/c22-17-8-7-13(12-18(17)23)25-21(26)16-5-3-4-15-14(9-11-27-20(15)16)19-6-1-2-10-24-19/h1-8,10,12,14H,9,11H2,(H,25,26). The first-order chi connectivity index (χ1) is 13.1. The predicted octanol–water partition coefficient (Wildman–Crippen LogP) is 4.53. The number of hydrogen-bond acceptors (Lipinski definition) is 3. The van der Waals surface area contributed by atoms with Gasteiger partial charge < -0.3 is 10.1 Å². The van der Waals surface area contributed by atoms with Crippen LogP contribution in [0.2, 0.25) is 0 Å². The largest absolute Gasteiger partial charge is 0.492 e. The third kappa shape index (κ3) is 3.38. The molecule has 27 heavy (non-hydrogen) atoms. The molecular weight excluding hydrogens is 350 g/mol. The van der Waals surface area contributed by atoms with Gasteiger partial charge in [0.05, 0.1) is 12.2 Å². The Bertz CT molecular complexity index is 993. The fraction of sp³-hybridized carbons (Fsp3) is 0.143. The quantitative estimate of drug-likeness (QED) is 0.741. The maximum atomic E-state index is 13.4. The number of fused-ring (bicyclic) bond motifs is 1. The molecule has 0 radical (unpaired) electrons. The number of hydrogen-bond donors (Lipinski definition) is 1. The minimum absolute atomic E-state index is 0.0333. The summed E-state index contributed by atoms with van der Waals surface area (Å²) in [6.07, 6.45) is 2.50. The highest BCUT2D eigenvalue weighted by Crippen LogP contribution is 2.39. The van der Waals surface area contributed by atoms with Gasteiger partial charge in [-0.3, -0.25) is 9.78 Å². The fourth-order valence-electron chi connectivity index (χ4n) is 3.27. The molecule has 1 aliphatic heterocycles. The van der Waals surface area contributed by atoms with Crippen LogP contribution in [0.15, 0.2) is 60.8 Å². The van der Waals surface area contributed by atoms with Gasteiger partial charge in [-0.25, -0.2) is 8.78 Å². The summed E-state index contributed by atoms with van der Waals surface area (Å²) in [5.41, 5.74) is 2.32. The van der Waals surface area contributed by atoms with E-state index >= 15 is 0 Å². The van der Waals surface area contributed by atoms with Crippen molar-refractivity contribution in [3.05, 3.63) is 89.2 Å². The van der Waals surface area contributed by atoms with Crippen molar-refractivity contribution < 1.29 is 18.3 Å². The van der Waals surface area contributed by atoms with Crippen molar-refractivity contribution in [2.75, 3.05) is 11.9 Å². The summed E-state index contributed by atoms with van der Waals surface area (Å²) in [7, 11) is 0. The lowest BCUT2D eigenvalue weighted by atomic mass is 9.88. The zero-order chi connectivity index (χ0) is 18.8. The second-order valence-electron chi connectivity index (χ2n) is 6.25. The molecule has 2 heterocycles. The van der Waals surface area contributed by atoms with Gasteiger partial charge in [0.1, 0.15) is 5.75 Å². The topological polar surface area (TPSA) is 51.2 Å². The molecule has 0 spiro atoms. The van der Waals surface area contributed by atoms with Gasteiger partial charge in [-0.15, -0.1) is 0 Å². The van der Waals surface area contributed by atoms with E-state index in [0.717, 1.165) is 29.8 Å². The summed E-state index contributed by atoms with van der Waals surface area (Å²) in [5.74, 6) is -1.90. The van der Waals surface area contributed by atoms with Crippen molar-refractivity contribution in [3.8, 4) is 5.75 Å². The van der Waals surface area contributed by atoms with E-state index in [1.54, 1.807) is 18.3 Å². The number of para-hydroxylation sites is 1. The molecule has 2 aromatic carbocycles. The lowest BCUT2D eigenvalue weighted by molar-refractivity contribution is 0.102. The van der Waals surface area contributed by atoms with Crippen molar-refractivity contribution in [2.24, 2.45) is 0 Å². The van der Waals surface area contributed by atoms with E-state index in [4.69, 9.17) is 4.74 Å². The lowest BCUT2D eigenvalue weighted by Crippen LogP contribution is -2.21. The highest BCUT2D eigenvalue weighted by molar-refractivity contribution is 6.06. The van der Waals surface area contributed by atoms with Crippen molar-refractivity contribution in [2.45, 2.75) is 12.3 Å². The van der Waals surface area contributed by atoms with E-state index < -0.39 is 17.5 Å². The van der Waals surface area contributed by atoms with Crippen molar-refractivity contribution in [3.63, 3.8) is 0 Å². The van der Waals surface area contributed by atoms with E-state index in [2.05, 4.69) is 10.3 Å². The first-order valence-corrected chi connectivity index (χ1v) is 8.56. The first kappa shape index (κ1) is 17.1. The Morgan fingerprint density at radius 1 is 1.07 bits per heavy atom. The Morgan fingerprint density at radius 3 is 2.74 bits per heavy atom. The van der Waals surface area contributed by atoms with E-state index in [1.807, 2.05) is 24.3 Å². The Balaban J connectivity index is 1.66. The third-order valence-electron chi connectivity index (χ3n) is 4.54. The molecule has 0 bridgehead atoms. The highest BCUT2D eigenvalue weighted by atomic mass is 19.2. The Morgan fingerprint density at radius 2 is 1.96 bits per heavy atom. The van der Waals surface area contributed by atoms with E-state index in [9.17, 15) is 13.6 Å². The number of nitrogens with zero attached hydrogens (tertiary/aromatic N) is 1. The van der Waals surface area contributed by atoms with Crippen LogP contribution in [0.5, 0.6) is 5.75 Å². The molecule has 0 fully saturated rings. The summed E-state index contributed by atoms with van der Waals surface area (Å²) in [6, 6.07) is 14.3. The maximum absolute atomic E-state index is 13.4. The van der Waals surface area contributed by atoms with Crippen molar-refractivity contribution >= 4 is 11.6 Å². The lowest BCUT2D eigenvalue weighted by Gasteiger charge is -2.27. The van der Waals surface area contributed by atoms with Gasteiger partial charge in [-0.2, -0.15) is 0 Å². The second kappa shape index (κ2) is 7.15. The molecular formula is C21H16F2N2O2. The van der Waals surface area contributed by atoms with Crippen molar-refractivity contribution in [1.82, 2.24) is 4.98 Å². The molecule has 1 N–H and O–H groups in total. The fourth-order valence-corrected chi connectivity index (χ4v) is 3.27. The number of amides is 1. The minimum atomic E-state index is -1.02. The molecule has 0 saturated heterocycles. The number of aromatic nitrogens is 1. The molecule has 1 atom stereocenters. The number of pyridine rings is 1. The van der Waals surface area contributed by atoms with E-state index in [1.165, 1.54) is 6.07 Å². The van der Waals surface area contributed by atoms with Gasteiger partial charge in [-0.1, -0.05) is 18.2 Å². The van der Waals surface area contributed by atoms with Crippen molar-refractivity contribution in [1.29, 1.82) is 0 Å². The highest BCUT2D eigenvalue weighted by Gasteiger charge is 2.27. The molecule has 136 valence electrons. The molecule has 3 aromatic rings. The van der Waals surface area contributed by atoms with Gasteiger partial charge in [0.15, 0.2) is 11.6 Å². The number of carbonyl (C=O) groups excluding carboxylic acids is 1. The number of ether oxygens (including phenoxy) is 1. The second-order valence-corrected chi connectivity index (χ2v) is 6.25. The number of carbonyl (C=O) groups is 1. The van der Waals surface area contributed by atoms with Gasteiger partial charge >= 0.3 is 0 Å². The molecule has 4 nitrogen and oxygen atoms in total. The molecule has 1 amide bonds. The van der Waals surface area contributed by atoms with E-state index in [-0.39, 0.29) is 11.6 Å². The zero-order valence-corrected chi connectivity index (χ0v) is 14.3. The Kier molecular flexibility index (Phi) is 4.54. The summed E-state index contributed by atoms with van der Waals surface area (Å²) in [5, 5.41) is 2.59. The van der Waals surface area contributed by atoms with Gasteiger partial charge in [0.25, 0.3) is 5.91 Å². The molecule has 4 rings (SSSR count). The molecule has 6 heteroatoms. The summed E-state index contributed by atoms with van der Waals surface area (Å²) in [6.45, 7) is 0.462. The molecule has 1 aromatic heterocycles. The number of rotatable bonds is 3. The van der Waals surface area contributed by atoms with Crippen LogP contribution in [0.4, 0.5) is 14.5 Å². The first-order valence-electron chi connectivity index (χ1n) is 8.56. The minimum Gasteiger partial charge on any atom is -0.492 e. The van der Waals surface area contributed by atoms with Crippen LogP contribution < -0.4 is 10.1 Å². The van der Waals surface area contributed by atoms with Crippen LogP contribution >= 0.6 is 0 Å². The summed E-state index contributed by atoms with van der Waals surface area (Å²) >= 11 is 0. The number of anilines is 1. The van der Waals surface area contributed by atoms with Crippen LogP contribution in [0.25, 0.3) is 0 Å². The van der Waals surface area contributed by atoms with Crippen LogP contribution in [0, 0.1) is 11.6 Å². The average molecular weight is 366 g/mol. The van der Waals surface area contributed by atoms with Crippen LogP contribution in [0.1, 0.15) is 34.0 Å². The van der Waals surface area contributed by atoms with Gasteiger partial charge in [0.2, 0.25) is 0 Å². The Labute approximate surface area is 154 Å². The third-order valence-corrected chi connectivity index (χ3v) is 4.54. The van der Waals surface area contributed by atoms with Gasteiger partial charge in [-0.05, 0) is 36.8 Å². The van der Waals surface area contributed by atoms with E-state index in [0.29, 0.717) is 17.9 Å². The maximum Gasteiger partial charge on any atom is 0.259 e. The smallest absolute Gasteiger partial charge is 0.259 e. The molecule has 1 unspecified atom stereocenters. The zero-order valence-electron chi connectivity index (χ0n) is 14.3. The van der Waals surface area contributed by atoms with Crippen LogP contribution in [-0.2, 0) is 0 Å². The molecule has 1 aliphatic rings.